The number of amides is 1. The zero-order chi connectivity index (χ0) is 25.4. The lowest BCUT2D eigenvalue weighted by Crippen LogP contribution is -2.25. The van der Waals surface area contributed by atoms with Crippen molar-refractivity contribution in [3.63, 3.8) is 0 Å². The summed E-state index contributed by atoms with van der Waals surface area (Å²) in [6.45, 7) is 2.40. The van der Waals surface area contributed by atoms with Crippen LogP contribution in [0.1, 0.15) is 35.9 Å². The zero-order valence-corrected chi connectivity index (χ0v) is 19.9. The van der Waals surface area contributed by atoms with Gasteiger partial charge in [-0.2, -0.15) is 15.2 Å². The van der Waals surface area contributed by atoms with E-state index in [1.807, 2.05) is 31.6 Å². The number of nitrogens with zero attached hydrogens (tertiary/aromatic N) is 6. The zero-order valence-electron chi connectivity index (χ0n) is 19.9. The van der Waals surface area contributed by atoms with Crippen molar-refractivity contribution < 1.29 is 18.1 Å². The summed E-state index contributed by atoms with van der Waals surface area (Å²) >= 11 is 0. The lowest BCUT2D eigenvalue weighted by molar-refractivity contribution is 0.0906. The van der Waals surface area contributed by atoms with Crippen molar-refractivity contribution in [2.75, 3.05) is 6.67 Å². The average molecular weight is 492 g/mol. The molecule has 0 unspecified atom stereocenters. The molecule has 0 spiro atoms. The minimum absolute atomic E-state index is 0.0883. The third-order valence-electron chi connectivity index (χ3n) is 5.91. The Morgan fingerprint density at radius 3 is 2.67 bits per heavy atom. The molecular weight excluding hydrogens is 468 g/mol. The third kappa shape index (κ3) is 4.35. The second kappa shape index (κ2) is 8.99. The number of fused-ring (bicyclic) bond motifs is 1. The molecule has 1 aromatic carbocycles. The first-order chi connectivity index (χ1) is 17.2. The molecule has 184 valence electrons. The number of aryl methyl sites for hydroxylation is 1. The highest BCUT2D eigenvalue weighted by Crippen LogP contribution is 2.31. The first-order valence-electron chi connectivity index (χ1n) is 11.2. The van der Waals surface area contributed by atoms with E-state index in [2.05, 4.69) is 25.7 Å². The molecule has 0 aliphatic carbocycles. The fourth-order valence-electron chi connectivity index (χ4n) is 3.75. The molecule has 5 rings (SSSR count). The Labute approximate surface area is 204 Å². The maximum atomic E-state index is 15.1. The Bertz CT molecular complexity index is 1570. The number of carbonyl (C=O) groups excluding carboxylic acids is 1. The molecule has 0 bridgehead atoms. The van der Waals surface area contributed by atoms with Crippen LogP contribution in [-0.4, -0.2) is 42.1 Å². The topological polar surface area (TPSA) is 103 Å². The van der Waals surface area contributed by atoms with Crippen molar-refractivity contribution in [3.05, 3.63) is 78.2 Å². The molecule has 0 atom stereocenters. The molecular formula is C25H23F2N7O2. The van der Waals surface area contributed by atoms with Crippen LogP contribution in [0, 0.1) is 5.82 Å². The largest absolute Gasteiger partial charge is 0.344 e. The fourth-order valence-corrected chi connectivity index (χ4v) is 3.75. The second-order valence-electron chi connectivity index (χ2n) is 9.14. The van der Waals surface area contributed by atoms with Gasteiger partial charge in [0.15, 0.2) is 5.82 Å². The predicted molar refractivity (Wildman–Crippen MR) is 127 cm³/mol. The van der Waals surface area contributed by atoms with E-state index in [-0.39, 0.29) is 23.8 Å². The van der Waals surface area contributed by atoms with Crippen LogP contribution in [0.3, 0.4) is 0 Å². The molecule has 36 heavy (non-hydrogen) atoms. The summed E-state index contributed by atoms with van der Waals surface area (Å²) in [4.78, 5) is 16.4. The normalized spacial score (nSPS) is 11.8. The number of halogens is 2. The molecule has 0 fully saturated rings. The Morgan fingerprint density at radius 1 is 1.11 bits per heavy atom. The van der Waals surface area contributed by atoms with E-state index in [0.717, 1.165) is 22.2 Å². The van der Waals surface area contributed by atoms with Crippen LogP contribution in [-0.2, 0) is 19.0 Å². The Balaban J connectivity index is 1.37. The van der Waals surface area contributed by atoms with Crippen LogP contribution in [0.25, 0.3) is 27.8 Å². The van der Waals surface area contributed by atoms with Crippen LogP contribution in [0.2, 0.25) is 0 Å². The summed E-state index contributed by atoms with van der Waals surface area (Å²) in [5.41, 5.74) is 3.40. The van der Waals surface area contributed by atoms with Gasteiger partial charge in [0.05, 0.1) is 17.1 Å². The molecule has 11 heteroatoms. The van der Waals surface area contributed by atoms with Gasteiger partial charge in [0.25, 0.3) is 0 Å². The van der Waals surface area contributed by atoms with Crippen molar-refractivity contribution in [1.29, 1.82) is 0 Å². The summed E-state index contributed by atoms with van der Waals surface area (Å²) in [5.74, 6) is -1.37. The van der Waals surface area contributed by atoms with Gasteiger partial charge in [0.2, 0.25) is 0 Å². The maximum absolute atomic E-state index is 15.1. The average Bonchev–Trinajstić information content (AvgIpc) is 3.63. The summed E-state index contributed by atoms with van der Waals surface area (Å²) in [7, 11) is 1.84. The highest BCUT2D eigenvalue weighted by atomic mass is 19.1. The minimum Gasteiger partial charge on any atom is -0.344 e. The quantitative estimate of drug-likeness (QED) is 0.368. The van der Waals surface area contributed by atoms with Crippen molar-refractivity contribution in [2.24, 2.45) is 7.05 Å². The molecule has 4 aromatic heterocycles. The molecule has 0 radical (unpaired) electrons. The molecule has 9 nitrogen and oxygen atoms in total. The summed E-state index contributed by atoms with van der Waals surface area (Å²) in [5, 5.41) is 14.8. The van der Waals surface area contributed by atoms with E-state index >= 15 is 4.39 Å². The van der Waals surface area contributed by atoms with E-state index in [1.165, 1.54) is 6.07 Å². The molecule has 4 heterocycles. The van der Waals surface area contributed by atoms with Crippen molar-refractivity contribution >= 4 is 11.4 Å². The monoisotopic (exact) mass is 491 g/mol. The first kappa shape index (κ1) is 23.3. The minimum atomic E-state index is -0.973. The van der Waals surface area contributed by atoms with Crippen molar-refractivity contribution in [1.82, 2.24) is 34.9 Å². The number of rotatable bonds is 7. The van der Waals surface area contributed by atoms with Gasteiger partial charge in [-0.25, -0.2) is 8.91 Å². The SMILES string of the molecule is Cn1cc(-c2cc(-c3ccc(CNC(=O)c4nc(C(C)(C)CF)no4)c(F)c3)c3ccnn3c2)cn1. The second-order valence-corrected chi connectivity index (χ2v) is 9.14. The van der Waals surface area contributed by atoms with Gasteiger partial charge in [-0.15, -0.1) is 0 Å². The number of hydrogen-bond acceptors (Lipinski definition) is 6. The number of alkyl halides is 1. The van der Waals surface area contributed by atoms with Crippen LogP contribution in [0.4, 0.5) is 8.78 Å². The standard InChI is InChI=1S/C25H23F2N7O2/c1-25(2,14-26)24-31-23(36-32-24)22(35)28-10-16-5-4-15(9-20(16)27)19-8-17(18-11-30-33(3)12-18)13-34-21(19)6-7-29-34/h4-9,11-13H,10,14H2,1-3H3,(H,28,35). The van der Waals surface area contributed by atoms with E-state index < -0.39 is 23.8 Å². The molecule has 0 aliphatic heterocycles. The van der Waals surface area contributed by atoms with Crippen LogP contribution < -0.4 is 5.32 Å². The van der Waals surface area contributed by atoms with Gasteiger partial charge in [-0.05, 0) is 23.8 Å². The van der Waals surface area contributed by atoms with Crippen LogP contribution in [0.5, 0.6) is 0 Å². The Morgan fingerprint density at radius 2 is 1.94 bits per heavy atom. The van der Waals surface area contributed by atoms with Crippen LogP contribution in [0.15, 0.2) is 59.6 Å². The Hall–Kier alpha value is -4.41. The number of pyridine rings is 1. The third-order valence-corrected chi connectivity index (χ3v) is 5.91. The lowest BCUT2D eigenvalue weighted by atomic mass is 9.95. The summed E-state index contributed by atoms with van der Waals surface area (Å²) in [6, 6.07) is 8.65. The maximum Gasteiger partial charge on any atom is 0.315 e. The smallest absolute Gasteiger partial charge is 0.315 e. The Kier molecular flexibility index (Phi) is 5.83. The van der Waals surface area contributed by atoms with E-state index in [1.54, 1.807) is 47.6 Å². The summed E-state index contributed by atoms with van der Waals surface area (Å²) in [6.07, 6.45) is 7.23. The van der Waals surface area contributed by atoms with Gasteiger partial charge < -0.3 is 9.84 Å². The van der Waals surface area contributed by atoms with Gasteiger partial charge in [-0.3, -0.25) is 13.9 Å². The number of carbonyl (C=O) groups is 1. The van der Waals surface area contributed by atoms with E-state index in [4.69, 9.17) is 4.52 Å². The molecule has 0 saturated heterocycles. The highest BCUT2D eigenvalue weighted by Gasteiger charge is 2.28. The number of aromatic nitrogens is 6. The number of benzene rings is 1. The van der Waals surface area contributed by atoms with Crippen molar-refractivity contribution in [2.45, 2.75) is 25.8 Å². The lowest BCUT2D eigenvalue weighted by Gasteiger charge is -2.13. The van der Waals surface area contributed by atoms with Gasteiger partial charge in [0, 0.05) is 54.4 Å². The number of nitrogens with one attached hydrogen (secondary N) is 1. The summed E-state index contributed by atoms with van der Waals surface area (Å²) < 4.78 is 36.6. The van der Waals surface area contributed by atoms with Gasteiger partial charge in [0.1, 0.15) is 12.5 Å². The first-order valence-corrected chi connectivity index (χ1v) is 11.2. The van der Waals surface area contributed by atoms with E-state index in [0.29, 0.717) is 5.56 Å². The van der Waals surface area contributed by atoms with Crippen LogP contribution >= 0.6 is 0 Å². The predicted octanol–water partition coefficient (Wildman–Crippen LogP) is 4.10. The molecule has 0 saturated carbocycles. The molecule has 5 aromatic rings. The molecule has 0 aliphatic rings. The van der Waals surface area contributed by atoms with E-state index in [9.17, 15) is 9.18 Å². The fraction of sp³-hybridized carbons (Fsp3) is 0.240. The van der Waals surface area contributed by atoms with Gasteiger partial charge in [-0.1, -0.05) is 31.1 Å². The number of hydrogen-bond donors (Lipinski definition) is 1. The highest BCUT2D eigenvalue weighted by molar-refractivity contribution is 5.89. The van der Waals surface area contributed by atoms with Gasteiger partial charge >= 0.3 is 11.8 Å². The molecule has 1 N–H and O–H groups in total. The van der Waals surface area contributed by atoms with Crippen molar-refractivity contribution in [3.8, 4) is 22.3 Å². The molecule has 1 amide bonds.